The Kier molecular flexibility index (Phi) is 3.62. The van der Waals surface area contributed by atoms with Gasteiger partial charge in [-0.15, -0.1) is 0 Å². The van der Waals surface area contributed by atoms with E-state index in [1.165, 1.54) is 5.56 Å². The molecule has 0 saturated carbocycles. The normalized spacial score (nSPS) is 11.5. The summed E-state index contributed by atoms with van der Waals surface area (Å²) in [6.07, 6.45) is 0. The molecule has 0 aliphatic heterocycles. The molecule has 0 spiro atoms. The van der Waals surface area contributed by atoms with Crippen molar-refractivity contribution >= 4 is 5.91 Å². The molecule has 17 heavy (non-hydrogen) atoms. The number of carbonyl (C=O) groups excluding carboxylic acids is 1. The van der Waals surface area contributed by atoms with Gasteiger partial charge in [0.15, 0.2) is 0 Å². The third-order valence-electron chi connectivity index (χ3n) is 2.93. The van der Waals surface area contributed by atoms with E-state index < -0.39 is 0 Å². The molecule has 0 unspecified atom stereocenters. The van der Waals surface area contributed by atoms with Gasteiger partial charge in [-0.2, -0.15) is 0 Å². The number of rotatable bonds is 1. The van der Waals surface area contributed by atoms with Gasteiger partial charge in [0.05, 0.1) is 0 Å². The van der Waals surface area contributed by atoms with Crippen molar-refractivity contribution in [1.29, 1.82) is 0 Å². The van der Waals surface area contributed by atoms with E-state index >= 15 is 0 Å². The van der Waals surface area contributed by atoms with Gasteiger partial charge in [0, 0.05) is 12.6 Å². The van der Waals surface area contributed by atoms with E-state index in [0.29, 0.717) is 5.56 Å². The highest BCUT2D eigenvalue weighted by atomic mass is 16.2. The Hall–Kier alpha value is -1.35. The Labute approximate surface area is 104 Å². The molecule has 0 aliphatic carbocycles. The summed E-state index contributed by atoms with van der Waals surface area (Å²) in [6, 6.07) is 4.15. The lowest BCUT2D eigenvalue weighted by Crippen LogP contribution is -2.34. The zero-order chi connectivity index (χ0) is 13.4. The van der Waals surface area contributed by atoms with Crippen LogP contribution in [0.2, 0.25) is 0 Å². The second-order valence-electron chi connectivity index (χ2n) is 5.65. The Morgan fingerprint density at radius 1 is 1.18 bits per heavy atom. The second-order valence-corrected chi connectivity index (χ2v) is 5.65. The fourth-order valence-corrected chi connectivity index (χ4v) is 1.91. The topological polar surface area (TPSA) is 46.3 Å². The number of hydrogen-bond donors (Lipinski definition) is 1. The van der Waals surface area contributed by atoms with Crippen LogP contribution in [0, 0.1) is 13.8 Å². The van der Waals surface area contributed by atoms with E-state index in [2.05, 4.69) is 32.9 Å². The van der Waals surface area contributed by atoms with Crippen molar-refractivity contribution in [2.24, 2.45) is 5.84 Å². The number of nitrogens with zero attached hydrogens (tertiary/aromatic N) is 1. The lowest BCUT2D eigenvalue weighted by atomic mass is 9.83. The highest BCUT2D eigenvalue weighted by Gasteiger charge is 2.20. The molecule has 1 amide bonds. The first-order chi connectivity index (χ1) is 7.64. The van der Waals surface area contributed by atoms with Gasteiger partial charge in [-0.3, -0.25) is 9.80 Å². The van der Waals surface area contributed by atoms with Gasteiger partial charge in [0.2, 0.25) is 0 Å². The largest absolute Gasteiger partial charge is 0.280 e. The second kappa shape index (κ2) is 4.49. The van der Waals surface area contributed by atoms with Crippen molar-refractivity contribution in [3.05, 3.63) is 34.4 Å². The van der Waals surface area contributed by atoms with Crippen LogP contribution in [-0.4, -0.2) is 18.0 Å². The summed E-state index contributed by atoms with van der Waals surface area (Å²) in [5.74, 6) is 5.37. The Morgan fingerprint density at radius 2 is 1.59 bits per heavy atom. The van der Waals surface area contributed by atoms with Crippen LogP contribution in [0.5, 0.6) is 0 Å². The Morgan fingerprint density at radius 3 is 1.88 bits per heavy atom. The average Bonchev–Trinajstić information content (AvgIpc) is 2.14. The van der Waals surface area contributed by atoms with E-state index in [1.807, 2.05) is 13.8 Å². The first-order valence-electron chi connectivity index (χ1n) is 5.79. The summed E-state index contributed by atoms with van der Waals surface area (Å²) in [5.41, 5.74) is 4.01. The average molecular weight is 234 g/mol. The monoisotopic (exact) mass is 234 g/mol. The van der Waals surface area contributed by atoms with Crippen molar-refractivity contribution in [2.75, 3.05) is 7.05 Å². The molecule has 0 saturated heterocycles. The molecule has 1 aromatic rings. The van der Waals surface area contributed by atoms with Gasteiger partial charge in [0.25, 0.3) is 5.91 Å². The molecule has 2 N–H and O–H groups in total. The molecule has 0 atom stereocenters. The van der Waals surface area contributed by atoms with Gasteiger partial charge in [0.1, 0.15) is 0 Å². The van der Waals surface area contributed by atoms with Crippen molar-refractivity contribution in [3.8, 4) is 0 Å². The molecule has 0 radical (unpaired) electrons. The van der Waals surface area contributed by atoms with Crippen molar-refractivity contribution < 1.29 is 4.79 Å². The summed E-state index contributed by atoms with van der Waals surface area (Å²) in [6.45, 7) is 10.4. The van der Waals surface area contributed by atoms with E-state index in [-0.39, 0.29) is 11.3 Å². The minimum absolute atomic E-state index is 0.0890. The third-order valence-corrected chi connectivity index (χ3v) is 2.93. The number of aryl methyl sites for hydroxylation is 2. The molecule has 0 heterocycles. The molecule has 3 nitrogen and oxygen atoms in total. The number of hydrogen-bond acceptors (Lipinski definition) is 2. The molecule has 94 valence electrons. The van der Waals surface area contributed by atoms with Crippen LogP contribution in [0.25, 0.3) is 0 Å². The summed E-state index contributed by atoms with van der Waals surface area (Å²) in [7, 11) is 1.57. The van der Waals surface area contributed by atoms with E-state index in [1.54, 1.807) is 7.05 Å². The Balaban J connectivity index is 3.35. The van der Waals surface area contributed by atoms with Crippen molar-refractivity contribution in [1.82, 2.24) is 5.01 Å². The number of carbonyl (C=O) groups is 1. The van der Waals surface area contributed by atoms with E-state index in [9.17, 15) is 4.79 Å². The summed E-state index contributed by atoms with van der Waals surface area (Å²) >= 11 is 0. The van der Waals surface area contributed by atoms with E-state index in [4.69, 9.17) is 5.84 Å². The standard InChI is InChI=1S/C14H22N2O/c1-9-7-11(14(3,4)5)8-10(2)12(9)13(17)16(6)15/h7-8H,15H2,1-6H3. The number of amides is 1. The van der Waals surface area contributed by atoms with Gasteiger partial charge in [-0.05, 0) is 36.0 Å². The summed E-state index contributed by atoms with van der Waals surface area (Å²) < 4.78 is 0. The number of benzene rings is 1. The predicted molar refractivity (Wildman–Crippen MR) is 70.9 cm³/mol. The first kappa shape index (κ1) is 13.7. The molecule has 0 bridgehead atoms. The first-order valence-corrected chi connectivity index (χ1v) is 5.79. The Bertz CT molecular complexity index is 419. The SMILES string of the molecule is Cc1cc(C(C)(C)C)cc(C)c1C(=O)N(C)N. The maximum atomic E-state index is 11.9. The predicted octanol–water partition coefficient (Wildman–Crippen LogP) is 2.55. The molecule has 0 aliphatic rings. The minimum Gasteiger partial charge on any atom is -0.280 e. The lowest BCUT2D eigenvalue weighted by Gasteiger charge is -2.22. The molecule has 0 aromatic heterocycles. The summed E-state index contributed by atoms with van der Waals surface area (Å²) in [4.78, 5) is 11.9. The van der Waals surface area contributed by atoms with Gasteiger partial charge in [-0.25, -0.2) is 5.84 Å². The molecule has 0 fully saturated rings. The smallest absolute Gasteiger partial charge is 0.268 e. The minimum atomic E-state index is -0.138. The van der Waals surface area contributed by atoms with Crippen molar-refractivity contribution in [3.63, 3.8) is 0 Å². The van der Waals surface area contributed by atoms with Crippen LogP contribution < -0.4 is 5.84 Å². The van der Waals surface area contributed by atoms with Crippen LogP contribution in [0.15, 0.2) is 12.1 Å². The van der Waals surface area contributed by atoms with Crippen molar-refractivity contribution in [2.45, 2.75) is 40.0 Å². The van der Waals surface area contributed by atoms with Crippen LogP contribution >= 0.6 is 0 Å². The fourth-order valence-electron chi connectivity index (χ4n) is 1.91. The zero-order valence-electron chi connectivity index (χ0n) is 11.6. The van der Waals surface area contributed by atoms with Crippen LogP contribution in [0.3, 0.4) is 0 Å². The van der Waals surface area contributed by atoms with Crippen LogP contribution in [0.1, 0.15) is 47.8 Å². The van der Waals surface area contributed by atoms with Crippen LogP contribution in [0.4, 0.5) is 0 Å². The molecular formula is C14H22N2O. The highest BCUT2D eigenvalue weighted by molar-refractivity contribution is 5.96. The summed E-state index contributed by atoms with van der Waals surface area (Å²) in [5, 5.41) is 1.13. The fraction of sp³-hybridized carbons (Fsp3) is 0.500. The maximum Gasteiger partial charge on any atom is 0.268 e. The molecule has 1 aromatic carbocycles. The van der Waals surface area contributed by atoms with E-state index in [0.717, 1.165) is 16.1 Å². The quantitative estimate of drug-likeness (QED) is 0.461. The highest BCUT2D eigenvalue weighted by Crippen LogP contribution is 2.27. The number of hydrazine groups is 1. The molecule has 1 rings (SSSR count). The molecular weight excluding hydrogens is 212 g/mol. The maximum absolute atomic E-state index is 11.9. The zero-order valence-corrected chi connectivity index (χ0v) is 11.6. The number of nitrogens with two attached hydrogens (primary N) is 1. The lowest BCUT2D eigenvalue weighted by molar-refractivity contribution is 0.0793. The third kappa shape index (κ3) is 2.86. The van der Waals surface area contributed by atoms with Gasteiger partial charge in [-0.1, -0.05) is 32.9 Å². The van der Waals surface area contributed by atoms with Crippen LogP contribution in [-0.2, 0) is 5.41 Å². The van der Waals surface area contributed by atoms with Gasteiger partial charge >= 0.3 is 0 Å². The van der Waals surface area contributed by atoms with Gasteiger partial charge < -0.3 is 0 Å². The molecule has 3 heteroatoms.